The Hall–Kier alpha value is -1.38. The number of likely N-dealkylation sites (N-methyl/N-ethyl adjacent to an activating group) is 1. The van der Waals surface area contributed by atoms with Gasteiger partial charge < -0.3 is 5.32 Å². The first kappa shape index (κ1) is 16.0. The zero-order chi connectivity index (χ0) is 15.2. The molecule has 0 spiro atoms. The van der Waals surface area contributed by atoms with Crippen LogP contribution in [0.5, 0.6) is 0 Å². The Morgan fingerprint density at radius 2 is 1.81 bits per heavy atom. The normalized spacial score (nSPS) is 13.9. The van der Waals surface area contributed by atoms with Gasteiger partial charge in [-0.2, -0.15) is 0 Å². The smallest absolute Gasteiger partial charge is 0.145 e. The van der Waals surface area contributed by atoms with Gasteiger partial charge in [-0.25, -0.2) is 4.39 Å². The van der Waals surface area contributed by atoms with Crippen LogP contribution in [0.2, 0.25) is 5.02 Å². The average Bonchev–Trinajstić information content (AvgIpc) is 2.52. The first-order chi connectivity index (χ1) is 10.2. The molecular weight excluding hydrogens is 285 g/mol. The van der Waals surface area contributed by atoms with Crippen LogP contribution in [0.3, 0.4) is 0 Å². The van der Waals surface area contributed by atoms with Gasteiger partial charge in [0.15, 0.2) is 0 Å². The van der Waals surface area contributed by atoms with Crippen molar-refractivity contribution in [3.63, 3.8) is 0 Å². The third-order valence-electron chi connectivity index (χ3n) is 4.00. The Labute approximate surface area is 131 Å². The highest BCUT2D eigenvalue weighted by Crippen LogP contribution is 2.27. The first-order valence-corrected chi connectivity index (χ1v) is 7.70. The molecule has 0 aliphatic heterocycles. The number of halogens is 2. The molecular formula is C18H21ClFN. The van der Waals surface area contributed by atoms with Crippen LogP contribution in [-0.2, 0) is 6.42 Å². The molecule has 21 heavy (non-hydrogen) atoms. The van der Waals surface area contributed by atoms with Crippen LogP contribution < -0.4 is 5.32 Å². The number of hydrogen-bond donors (Lipinski definition) is 1. The summed E-state index contributed by atoms with van der Waals surface area (Å²) in [5.41, 5.74) is 1.94. The van der Waals surface area contributed by atoms with E-state index >= 15 is 0 Å². The van der Waals surface area contributed by atoms with Crippen LogP contribution in [0.4, 0.5) is 4.39 Å². The van der Waals surface area contributed by atoms with Gasteiger partial charge in [0.25, 0.3) is 0 Å². The molecule has 1 nitrogen and oxygen atoms in total. The molecule has 2 atom stereocenters. The van der Waals surface area contributed by atoms with Crippen LogP contribution in [0.15, 0.2) is 48.5 Å². The highest BCUT2D eigenvalue weighted by Gasteiger charge is 2.22. The van der Waals surface area contributed by atoms with Gasteiger partial charge in [-0.1, -0.05) is 61.0 Å². The minimum atomic E-state index is -0.303. The molecule has 0 aromatic heterocycles. The van der Waals surface area contributed by atoms with Gasteiger partial charge in [0, 0.05) is 6.04 Å². The van der Waals surface area contributed by atoms with Crippen molar-refractivity contribution in [3.8, 4) is 0 Å². The van der Waals surface area contributed by atoms with Crippen molar-refractivity contribution in [2.75, 3.05) is 7.05 Å². The molecule has 2 aromatic carbocycles. The van der Waals surface area contributed by atoms with Gasteiger partial charge in [0.1, 0.15) is 5.82 Å². The van der Waals surface area contributed by atoms with Crippen molar-refractivity contribution in [3.05, 3.63) is 70.5 Å². The summed E-state index contributed by atoms with van der Waals surface area (Å²) < 4.78 is 14.1. The summed E-state index contributed by atoms with van der Waals surface area (Å²) in [4.78, 5) is 0. The van der Waals surface area contributed by atoms with E-state index in [-0.39, 0.29) is 16.9 Å². The molecule has 2 unspecified atom stereocenters. The molecule has 1 N–H and O–H groups in total. The summed E-state index contributed by atoms with van der Waals surface area (Å²) in [5.74, 6) is 0.0388. The number of rotatable bonds is 6. The van der Waals surface area contributed by atoms with E-state index in [1.807, 2.05) is 31.3 Å². The van der Waals surface area contributed by atoms with Gasteiger partial charge in [-0.3, -0.25) is 0 Å². The van der Waals surface area contributed by atoms with Crippen molar-refractivity contribution in [1.29, 1.82) is 0 Å². The second-order valence-electron chi connectivity index (χ2n) is 5.24. The molecule has 0 amide bonds. The standard InChI is InChI=1S/C18H21ClFN/c1-3-15(13-8-5-4-6-9-13)17(21-2)12-14-10-7-11-16(19)18(14)20/h4-11,15,17,21H,3,12H2,1-2H3. The quantitative estimate of drug-likeness (QED) is 0.808. The molecule has 2 rings (SSSR count). The predicted octanol–water partition coefficient (Wildman–Crippen LogP) is 4.80. The maximum atomic E-state index is 14.1. The third-order valence-corrected chi connectivity index (χ3v) is 4.29. The van der Waals surface area contributed by atoms with E-state index in [4.69, 9.17) is 11.6 Å². The lowest BCUT2D eigenvalue weighted by Gasteiger charge is -2.27. The van der Waals surface area contributed by atoms with Crippen LogP contribution in [0.25, 0.3) is 0 Å². The molecule has 0 aliphatic rings. The molecule has 0 aliphatic carbocycles. The summed E-state index contributed by atoms with van der Waals surface area (Å²) in [6, 6.07) is 15.7. The fourth-order valence-electron chi connectivity index (χ4n) is 2.84. The van der Waals surface area contributed by atoms with Crippen LogP contribution >= 0.6 is 11.6 Å². The van der Waals surface area contributed by atoms with E-state index in [0.29, 0.717) is 17.9 Å². The zero-order valence-corrected chi connectivity index (χ0v) is 13.2. The second-order valence-corrected chi connectivity index (χ2v) is 5.64. The van der Waals surface area contributed by atoms with Gasteiger partial charge in [0.05, 0.1) is 5.02 Å². The van der Waals surface area contributed by atoms with Gasteiger partial charge >= 0.3 is 0 Å². The topological polar surface area (TPSA) is 12.0 Å². The fourth-order valence-corrected chi connectivity index (χ4v) is 3.04. The van der Waals surface area contributed by atoms with E-state index in [9.17, 15) is 4.39 Å². The SMILES string of the molecule is CCC(c1ccccc1)C(Cc1cccc(Cl)c1F)NC. The molecule has 3 heteroatoms. The Balaban J connectivity index is 2.24. The minimum Gasteiger partial charge on any atom is -0.316 e. The van der Waals surface area contributed by atoms with Crippen molar-refractivity contribution in [1.82, 2.24) is 5.32 Å². The lowest BCUT2D eigenvalue weighted by Crippen LogP contribution is -2.34. The van der Waals surface area contributed by atoms with Crippen LogP contribution in [0.1, 0.15) is 30.4 Å². The average molecular weight is 306 g/mol. The zero-order valence-electron chi connectivity index (χ0n) is 12.4. The molecule has 112 valence electrons. The number of nitrogens with one attached hydrogen (secondary N) is 1. The van der Waals surface area contributed by atoms with Crippen molar-refractivity contribution in [2.45, 2.75) is 31.7 Å². The monoisotopic (exact) mass is 305 g/mol. The van der Waals surface area contributed by atoms with Gasteiger partial charge in [-0.15, -0.1) is 0 Å². The lowest BCUT2D eigenvalue weighted by atomic mass is 9.85. The van der Waals surface area contributed by atoms with Gasteiger partial charge in [0.2, 0.25) is 0 Å². The first-order valence-electron chi connectivity index (χ1n) is 7.32. The molecule has 2 aromatic rings. The Bertz CT molecular complexity index is 571. The molecule has 0 heterocycles. The maximum Gasteiger partial charge on any atom is 0.145 e. The molecule has 0 saturated heterocycles. The summed E-state index contributed by atoms with van der Waals surface area (Å²) in [6.45, 7) is 2.16. The van der Waals surface area contributed by atoms with E-state index in [1.54, 1.807) is 12.1 Å². The van der Waals surface area contributed by atoms with E-state index in [0.717, 1.165) is 6.42 Å². The molecule has 0 radical (unpaired) electrons. The highest BCUT2D eigenvalue weighted by atomic mass is 35.5. The van der Waals surface area contributed by atoms with Crippen molar-refractivity contribution >= 4 is 11.6 Å². The Morgan fingerprint density at radius 3 is 2.43 bits per heavy atom. The number of benzene rings is 2. The predicted molar refractivity (Wildman–Crippen MR) is 87.4 cm³/mol. The molecule has 0 saturated carbocycles. The van der Waals surface area contributed by atoms with Crippen LogP contribution in [-0.4, -0.2) is 13.1 Å². The van der Waals surface area contributed by atoms with E-state index < -0.39 is 0 Å². The van der Waals surface area contributed by atoms with Gasteiger partial charge in [-0.05, 0) is 43.0 Å². The molecule has 0 fully saturated rings. The number of hydrogen-bond acceptors (Lipinski definition) is 1. The lowest BCUT2D eigenvalue weighted by molar-refractivity contribution is 0.441. The summed E-state index contributed by atoms with van der Waals surface area (Å²) in [7, 11) is 1.93. The highest BCUT2D eigenvalue weighted by molar-refractivity contribution is 6.30. The second kappa shape index (κ2) is 7.58. The Morgan fingerprint density at radius 1 is 1.10 bits per heavy atom. The fraction of sp³-hybridized carbons (Fsp3) is 0.333. The molecule has 0 bridgehead atoms. The van der Waals surface area contributed by atoms with Crippen molar-refractivity contribution in [2.24, 2.45) is 0 Å². The Kier molecular flexibility index (Phi) is 5.77. The third kappa shape index (κ3) is 3.84. The summed E-state index contributed by atoms with van der Waals surface area (Å²) in [6.07, 6.45) is 1.62. The van der Waals surface area contributed by atoms with Crippen molar-refractivity contribution < 1.29 is 4.39 Å². The maximum absolute atomic E-state index is 14.1. The summed E-state index contributed by atoms with van der Waals surface area (Å²) >= 11 is 5.88. The van der Waals surface area contributed by atoms with Crippen LogP contribution in [0, 0.1) is 5.82 Å². The largest absolute Gasteiger partial charge is 0.316 e. The summed E-state index contributed by atoms with van der Waals surface area (Å²) in [5, 5.41) is 3.53. The van der Waals surface area contributed by atoms with E-state index in [1.165, 1.54) is 5.56 Å². The van der Waals surface area contributed by atoms with E-state index in [2.05, 4.69) is 24.4 Å². The minimum absolute atomic E-state index is 0.172.